The fraction of sp³-hybridized carbons (Fsp3) is 0.273. The SMILES string of the molecule is CN=C(NCc1ccn(-c2ccc(OC)cc2)n1)N(C)Cc1ccccc1OC. The molecule has 0 saturated carbocycles. The van der Waals surface area contributed by atoms with Crippen LogP contribution in [0.3, 0.4) is 0 Å². The number of benzene rings is 2. The first-order chi connectivity index (χ1) is 14.1. The molecule has 0 aliphatic heterocycles. The quantitative estimate of drug-likeness (QED) is 0.494. The molecule has 0 radical (unpaired) electrons. The van der Waals surface area contributed by atoms with Crippen LogP contribution in [0.5, 0.6) is 11.5 Å². The number of hydrogen-bond donors (Lipinski definition) is 1. The molecule has 29 heavy (non-hydrogen) atoms. The van der Waals surface area contributed by atoms with Crippen LogP contribution in [0.15, 0.2) is 65.8 Å². The minimum atomic E-state index is 0.575. The monoisotopic (exact) mass is 393 g/mol. The second-order valence-corrected chi connectivity index (χ2v) is 6.52. The maximum atomic E-state index is 5.44. The second kappa shape index (κ2) is 9.64. The van der Waals surface area contributed by atoms with Crippen LogP contribution in [0.25, 0.3) is 5.69 Å². The largest absolute Gasteiger partial charge is 0.497 e. The van der Waals surface area contributed by atoms with E-state index in [1.807, 2.05) is 66.5 Å². The fourth-order valence-electron chi connectivity index (χ4n) is 3.05. The molecule has 0 spiro atoms. The van der Waals surface area contributed by atoms with Crippen molar-refractivity contribution in [2.75, 3.05) is 28.3 Å². The molecule has 152 valence electrons. The molecule has 3 rings (SSSR count). The van der Waals surface area contributed by atoms with Crippen LogP contribution in [0, 0.1) is 0 Å². The molecule has 0 atom stereocenters. The highest BCUT2D eigenvalue weighted by Crippen LogP contribution is 2.19. The number of aliphatic imine (C=N–C) groups is 1. The number of nitrogens with zero attached hydrogens (tertiary/aromatic N) is 4. The number of ether oxygens (including phenoxy) is 2. The van der Waals surface area contributed by atoms with Crippen molar-refractivity contribution < 1.29 is 9.47 Å². The normalized spacial score (nSPS) is 11.2. The number of para-hydroxylation sites is 1. The second-order valence-electron chi connectivity index (χ2n) is 6.52. The molecule has 0 aliphatic carbocycles. The van der Waals surface area contributed by atoms with Gasteiger partial charge < -0.3 is 19.7 Å². The molecular formula is C22H27N5O2. The molecule has 7 heteroatoms. The van der Waals surface area contributed by atoms with E-state index in [0.29, 0.717) is 13.1 Å². The Kier molecular flexibility index (Phi) is 6.73. The van der Waals surface area contributed by atoms with E-state index in [1.54, 1.807) is 21.3 Å². The van der Waals surface area contributed by atoms with E-state index >= 15 is 0 Å². The highest BCUT2D eigenvalue weighted by atomic mass is 16.5. The smallest absolute Gasteiger partial charge is 0.194 e. The Bertz CT molecular complexity index is 950. The molecule has 0 amide bonds. The molecule has 2 aromatic carbocycles. The van der Waals surface area contributed by atoms with Crippen LogP contribution in [0.2, 0.25) is 0 Å². The van der Waals surface area contributed by atoms with Gasteiger partial charge in [-0.25, -0.2) is 4.68 Å². The molecule has 1 N–H and O–H groups in total. The van der Waals surface area contributed by atoms with Crippen LogP contribution >= 0.6 is 0 Å². The van der Waals surface area contributed by atoms with Crippen molar-refractivity contribution in [1.29, 1.82) is 0 Å². The van der Waals surface area contributed by atoms with Crippen LogP contribution in [-0.2, 0) is 13.1 Å². The van der Waals surface area contributed by atoms with Gasteiger partial charge >= 0.3 is 0 Å². The highest BCUT2D eigenvalue weighted by Gasteiger charge is 2.10. The standard InChI is InChI=1S/C22H27N5O2/c1-23-22(26(2)16-17-7-5-6-8-21(17)29-4)24-15-18-13-14-27(25-18)19-9-11-20(28-3)12-10-19/h5-14H,15-16H2,1-4H3,(H,23,24). The lowest BCUT2D eigenvalue weighted by molar-refractivity contribution is 0.396. The Morgan fingerprint density at radius 3 is 2.52 bits per heavy atom. The van der Waals surface area contributed by atoms with Crippen LogP contribution in [-0.4, -0.2) is 49.0 Å². The average molecular weight is 393 g/mol. The number of rotatable bonds is 7. The summed E-state index contributed by atoms with van der Waals surface area (Å²) < 4.78 is 12.5. The van der Waals surface area contributed by atoms with E-state index in [-0.39, 0.29) is 0 Å². The molecule has 3 aromatic rings. The van der Waals surface area contributed by atoms with Gasteiger partial charge in [0.2, 0.25) is 0 Å². The van der Waals surface area contributed by atoms with E-state index < -0.39 is 0 Å². The van der Waals surface area contributed by atoms with E-state index in [4.69, 9.17) is 9.47 Å². The van der Waals surface area contributed by atoms with Gasteiger partial charge in [-0.05, 0) is 36.4 Å². The van der Waals surface area contributed by atoms with Crippen molar-refractivity contribution in [2.24, 2.45) is 4.99 Å². The van der Waals surface area contributed by atoms with Gasteiger partial charge in [0.25, 0.3) is 0 Å². The molecule has 0 aliphatic rings. The predicted octanol–water partition coefficient (Wildman–Crippen LogP) is 3.10. The lowest BCUT2D eigenvalue weighted by Gasteiger charge is -2.22. The molecule has 1 aromatic heterocycles. The van der Waals surface area contributed by atoms with Crippen molar-refractivity contribution in [2.45, 2.75) is 13.1 Å². The Labute approximate surface area is 171 Å². The van der Waals surface area contributed by atoms with Gasteiger partial charge in [0.05, 0.1) is 32.1 Å². The lowest BCUT2D eigenvalue weighted by atomic mass is 10.2. The molecule has 0 bridgehead atoms. The van der Waals surface area contributed by atoms with Gasteiger partial charge in [-0.3, -0.25) is 4.99 Å². The number of methoxy groups -OCH3 is 2. The van der Waals surface area contributed by atoms with Gasteiger partial charge in [0.15, 0.2) is 5.96 Å². The summed E-state index contributed by atoms with van der Waals surface area (Å²) in [7, 11) is 7.12. The zero-order valence-corrected chi connectivity index (χ0v) is 17.3. The van der Waals surface area contributed by atoms with E-state index in [9.17, 15) is 0 Å². The Morgan fingerprint density at radius 1 is 1.07 bits per heavy atom. The van der Waals surface area contributed by atoms with Gasteiger partial charge in [0, 0.05) is 32.4 Å². The van der Waals surface area contributed by atoms with E-state index in [2.05, 4.69) is 26.4 Å². The summed E-state index contributed by atoms with van der Waals surface area (Å²) >= 11 is 0. The molecule has 0 fully saturated rings. The molecule has 7 nitrogen and oxygen atoms in total. The number of nitrogens with one attached hydrogen (secondary N) is 1. The summed E-state index contributed by atoms with van der Waals surface area (Å²) in [5.41, 5.74) is 3.01. The van der Waals surface area contributed by atoms with Gasteiger partial charge in [-0.15, -0.1) is 0 Å². The van der Waals surface area contributed by atoms with Gasteiger partial charge in [-0.2, -0.15) is 5.10 Å². The predicted molar refractivity (Wildman–Crippen MR) is 115 cm³/mol. The Morgan fingerprint density at radius 2 is 1.83 bits per heavy atom. The van der Waals surface area contributed by atoms with Crippen molar-refractivity contribution in [3.05, 3.63) is 72.1 Å². The summed E-state index contributed by atoms with van der Waals surface area (Å²) in [5.74, 6) is 2.48. The van der Waals surface area contributed by atoms with Crippen molar-refractivity contribution in [3.63, 3.8) is 0 Å². The first kappa shape index (κ1) is 20.3. The van der Waals surface area contributed by atoms with Crippen LogP contribution in [0.4, 0.5) is 0 Å². The minimum absolute atomic E-state index is 0.575. The fourth-order valence-corrected chi connectivity index (χ4v) is 3.05. The molecule has 0 unspecified atom stereocenters. The average Bonchev–Trinajstić information content (AvgIpc) is 3.23. The topological polar surface area (TPSA) is 63.9 Å². The first-order valence-corrected chi connectivity index (χ1v) is 9.37. The van der Waals surface area contributed by atoms with Gasteiger partial charge in [0.1, 0.15) is 11.5 Å². The lowest BCUT2D eigenvalue weighted by Crippen LogP contribution is -2.38. The van der Waals surface area contributed by atoms with Crippen molar-refractivity contribution in [3.8, 4) is 17.2 Å². The Hall–Kier alpha value is -3.48. The third-order valence-electron chi connectivity index (χ3n) is 4.58. The zero-order chi connectivity index (χ0) is 20.6. The van der Waals surface area contributed by atoms with E-state index in [0.717, 1.165) is 34.4 Å². The molecule has 0 saturated heterocycles. The maximum Gasteiger partial charge on any atom is 0.194 e. The van der Waals surface area contributed by atoms with Crippen LogP contribution in [0.1, 0.15) is 11.3 Å². The maximum absolute atomic E-state index is 5.44. The van der Waals surface area contributed by atoms with Crippen LogP contribution < -0.4 is 14.8 Å². The third kappa shape index (κ3) is 5.07. The van der Waals surface area contributed by atoms with Crippen molar-refractivity contribution >= 4 is 5.96 Å². The minimum Gasteiger partial charge on any atom is -0.497 e. The summed E-state index contributed by atoms with van der Waals surface area (Å²) in [4.78, 5) is 6.43. The number of hydrogen-bond acceptors (Lipinski definition) is 4. The number of aromatic nitrogens is 2. The number of guanidine groups is 1. The third-order valence-corrected chi connectivity index (χ3v) is 4.58. The summed E-state index contributed by atoms with van der Waals surface area (Å²) in [6.45, 7) is 1.26. The first-order valence-electron chi connectivity index (χ1n) is 9.37. The molecule has 1 heterocycles. The van der Waals surface area contributed by atoms with Gasteiger partial charge in [-0.1, -0.05) is 18.2 Å². The Balaban J connectivity index is 1.61. The summed E-state index contributed by atoms with van der Waals surface area (Å²) in [5, 5.41) is 8.00. The molecular weight excluding hydrogens is 366 g/mol. The summed E-state index contributed by atoms with van der Waals surface area (Å²) in [6.07, 6.45) is 1.94. The zero-order valence-electron chi connectivity index (χ0n) is 17.3. The summed E-state index contributed by atoms with van der Waals surface area (Å²) in [6, 6.07) is 17.8. The van der Waals surface area contributed by atoms with Crippen molar-refractivity contribution in [1.82, 2.24) is 20.0 Å². The van der Waals surface area contributed by atoms with E-state index in [1.165, 1.54) is 0 Å². The highest BCUT2D eigenvalue weighted by molar-refractivity contribution is 5.79.